The highest BCUT2D eigenvalue weighted by molar-refractivity contribution is 14.0. The van der Waals surface area contributed by atoms with Crippen LogP contribution in [0.5, 0.6) is 11.5 Å². The lowest BCUT2D eigenvalue weighted by molar-refractivity contribution is 0.242. The predicted octanol–water partition coefficient (Wildman–Crippen LogP) is 4.38. The second-order valence-electron chi connectivity index (χ2n) is 6.15. The lowest BCUT2D eigenvalue weighted by Gasteiger charge is -2.11. The van der Waals surface area contributed by atoms with Crippen LogP contribution in [0.2, 0.25) is 0 Å². The van der Waals surface area contributed by atoms with E-state index >= 15 is 0 Å². The van der Waals surface area contributed by atoms with Crippen LogP contribution >= 0.6 is 24.0 Å². The SMILES string of the molecule is COc1ccc(C)cc1CCN=C(N)Nc1ccc(OC(C)C)cc1.I. The molecule has 0 saturated carbocycles. The molecular weight excluding hydrogens is 441 g/mol. The molecule has 0 unspecified atom stereocenters. The molecule has 0 atom stereocenters. The third kappa shape index (κ3) is 7.11. The van der Waals surface area contributed by atoms with Gasteiger partial charge in [0.25, 0.3) is 0 Å². The summed E-state index contributed by atoms with van der Waals surface area (Å²) in [6.07, 6.45) is 0.929. The van der Waals surface area contributed by atoms with Crippen molar-refractivity contribution in [2.24, 2.45) is 10.7 Å². The number of aryl methyl sites for hydroxylation is 1. The average molecular weight is 469 g/mol. The fourth-order valence-electron chi connectivity index (χ4n) is 2.48. The lowest BCUT2D eigenvalue weighted by Crippen LogP contribution is -2.23. The van der Waals surface area contributed by atoms with Crippen LogP contribution in [0.15, 0.2) is 47.5 Å². The maximum atomic E-state index is 5.97. The van der Waals surface area contributed by atoms with E-state index in [4.69, 9.17) is 15.2 Å². The number of nitrogens with two attached hydrogens (primary N) is 1. The number of anilines is 1. The van der Waals surface area contributed by atoms with E-state index in [2.05, 4.69) is 23.3 Å². The summed E-state index contributed by atoms with van der Waals surface area (Å²) in [5.74, 6) is 2.11. The molecule has 0 heterocycles. The quantitative estimate of drug-likeness (QED) is 0.359. The van der Waals surface area contributed by atoms with Gasteiger partial charge in [0.15, 0.2) is 5.96 Å². The van der Waals surface area contributed by atoms with Gasteiger partial charge in [-0.1, -0.05) is 17.7 Å². The van der Waals surface area contributed by atoms with Gasteiger partial charge in [-0.05, 0) is 63.1 Å². The number of methoxy groups -OCH3 is 1. The molecule has 0 spiro atoms. The third-order valence-corrected chi connectivity index (χ3v) is 3.60. The third-order valence-electron chi connectivity index (χ3n) is 3.60. The van der Waals surface area contributed by atoms with Gasteiger partial charge in [0, 0.05) is 12.2 Å². The van der Waals surface area contributed by atoms with Crippen molar-refractivity contribution in [2.45, 2.75) is 33.3 Å². The number of halogens is 1. The summed E-state index contributed by atoms with van der Waals surface area (Å²) in [6, 6.07) is 13.8. The van der Waals surface area contributed by atoms with Crippen LogP contribution in [-0.4, -0.2) is 25.7 Å². The topological polar surface area (TPSA) is 68.9 Å². The summed E-state index contributed by atoms with van der Waals surface area (Å²) in [5.41, 5.74) is 9.18. The second-order valence-corrected chi connectivity index (χ2v) is 6.15. The van der Waals surface area contributed by atoms with Crippen LogP contribution in [0, 0.1) is 6.92 Å². The molecule has 6 heteroatoms. The maximum Gasteiger partial charge on any atom is 0.193 e. The Morgan fingerprint density at radius 3 is 2.46 bits per heavy atom. The lowest BCUT2D eigenvalue weighted by atomic mass is 10.1. The molecule has 142 valence electrons. The molecule has 5 nitrogen and oxygen atoms in total. The van der Waals surface area contributed by atoms with Gasteiger partial charge < -0.3 is 20.5 Å². The number of ether oxygens (including phenoxy) is 2. The Morgan fingerprint density at radius 1 is 1.15 bits per heavy atom. The van der Waals surface area contributed by atoms with Gasteiger partial charge in [-0.25, -0.2) is 0 Å². The molecule has 0 aliphatic rings. The standard InChI is InChI=1S/C20H27N3O2.HI/c1-14(2)25-18-8-6-17(7-9-18)23-20(21)22-12-11-16-13-15(3)5-10-19(16)24-4;/h5-10,13-14H,11-12H2,1-4H3,(H3,21,22,23);1H. The molecule has 2 rings (SSSR count). The van der Waals surface area contributed by atoms with Crippen LogP contribution in [0.25, 0.3) is 0 Å². The first-order valence-electron chi connectivity index (χ1n) is 8.45. The van der Waals surface area contributed by atoms with Gasteiger partial charge in [0.1, 0.15) is 11.5 Å². The molecule has 26 heavy (non-hydrogen) atoms. The van der Waals surface area contributed by atoms with E-state index < -0.39 is 0 Å². The van der Waals surface area contributed by atoms with Gasteiger partial charge >= 0.3 is 0 Å². The summed E-state index contributed by atoms with van der Waals surface area (Å²) in [6.45, 7) is 6.65. The van der Waals surface area contributed by atoms with E-state index in [0.29, 0.717) is 12.5 Å². The molecule has 2 aromatic carbocycles. The Hall–Kier alpha value is -1.96. The maximum absolute atomic E-state index is 5.97. The smallest absolute Gasteiger partial charge is 0.193 e. The molecule has 0 aliphatic heterocycles. The average Bonchev–Trinajstić information content (AvgIpc) is 2.56. The summed E-state index contributed by atoms with van der Waals surface area (Å²) in [4.78, 5) is 4.39. The number of aliphatic imine (C=N–C) groups is 1. The van der Waals surface area contributed by atoms with E-state index in [1.807, 2.05) is 50.2 Å². The summed E-state index contributed by atoms with van der Waals surface area (Å²) in [7, 11) is 1.68. The number of nitrogens with one attached hydrogen (secondary N) is 1. The van der Waals surface area contributed by atoms with Crippen molar-refractivity contribution in [1.82, 2.24) is 0 Å². The molecular formula is C20H28IN3O2. The van der Waals surface area contributed by atoms with Crippen LogP contribution in [0.4, 0.5) is 5.69 Å². The van der Waals surface area contributed by atoms with E-state index in [0.717, 1.165) is 29.2 Å². The number of hydrogen-bond acceptors (Lipinski definition) is 3. The zero-order chi connectivity index (χ0) is 18.2. The Balaban J connectivity index is 0.00000338. The molecule has 0 aliphatic carbocycles. The Labute approximate surface area is 173 Å². The predicted molar refractivity (Wildman–Crippen MR) is 119 cm³/mol. The molecule has 2 aromatic rings. The van der Waals surface area contributed by atoms with Gasteiger partial charge in [-0.3, -0.25) is 4.99 Å². The number of rotatable bonds is 7. The van der Waals surface area contributed by atoms with E-state index in [1.54, 1.807) is 7.11 Å². The Bertz CT molecular complexity index is 715. The highest BCUT2D eigenvalue weighted by atomic mass is 127. The zero-order valence-corrected chi connectivity index (χ0v) is 18.1. The summed E-state index contributed by atoms with van der Waals surface area (Å²) >= 11 is 0. The van der Waals surface area contributed by atoms with Gasteiger partial charge in [0.2, 0.25) is 0 Å². The fraction of sp³-hybridized carbons (Fsp3) is 0.350. The van der Waals surface area contributed by atoms with Crippen molar-refractivity contribution in [2.75, 3.05) is 19.0 Å². The monoisotopic (exact) mass is 469 g/mol. The van der Waals surface area contributed by atoms with Crippen LogP contribution < -0.4 is 20.5 Å². The summed E-state index contributed by atoms with van der Waals surface area (Å²) < 4.78 is 11.0. The number of benzene rings is 2. The number of guanidine groups is 1. The molecule has 0 saturated heterocycles. The minimum atomic E-state index is 0. The van der Waals surface area contributed by atoms with E-state index in [9.17, 15) is 0 Å². The first-order chi connectivity index (χ1) is 12.0. The van der Waals surface area contributed by atoms with Crippen molar-refractivity contribution in [3.05, 3.63) is 53.6 Å². The highest BCUT2D eigenvalue weighted by Gasteiger charge is 2.03. The van der Waals surface area contributed by atoms with Crippen molar-refractivity contribution in [3.8, 4) is 11.5 Å². The molecule has 0 amide bonds. The van der Waals surface area contributed by atoms with Crippen molar-refractivity contribution < 1.29 is 9.47 Å². The normalized spacial score (nSPS) is 11.0. The van der Waals surface area contributed by atoms with Crippen LogP contribution in [0.1, 0.15) is 25.0 Å². The largest absolute Gasteiger partial charge is 0.496 e. The van der Waals surface area contributed by atoms with E-state index in [-0.39, 0.29) is 30.1 Å². The molecule has 0 radical (unpaired) electrons. The number of nitrogens with zero attached hydrogens (tertiary/aromatic N) is 1. The Kier molecular flexibility index (Phi) is 9.26. The van der Waals surface area contributed by atoms with Crippen LogP contribution in [-0.2, 0) is 6.42 Å². The van der Waals surface area contributed by atoms with Gasteiger partial charge in [0.05, 0.1) is 13.2 Å². The van der Waals surface area contributed by atoms with E-state index in [1.165, 1.54) is 5.56 Å². The van der Waals surface area contributed by atoms with Crippen molar-refractivity contribution >= 4 is 35.6 Å². The molecule has 0 aromatic heterocycles. The van der Waals surface area contributed by atoms with Gasteiger partial charge in [-0.2, -0.15) is 0 Å². The summed E-state index contributed by atoms with van der Waals surface area (Å²) in [5, 5.41) is 3.09. The highest BCUT2D eigenvalue weighted by Crippen LogP contribution is 2.20. The first-order valence-corrected chi connectivity index (χ1v) is 8.45. The molecule has 3 N–H and O–H groups in total. The molecule has 0 bridgehead atoms. The minimum Gasteiger partial charge on any atom is -0.496 e. The van der Waals surface area contributed by atoms with Gasteiger partial charge in [-0.15, -0.1) is 24.0 Å². The fourth-order valence-corrected chi connectivity index (χ4v) is 2.48. The van der Waals surface area contributed by atoms with Crippen molar-refractivity contribution in [3.63, 3.8) is 0 Å². The first kappa shape index (κ1) is 22.1. The zero-order valence-electron chi connectivity index (χ0n) is 15.8. The number of hydrogen-bond donors (Lipinski definition) is 2. The minimum absolute atomic E-state index is 0. The Morgan fingerprint density at radius 2 is 1.85 bits per heavy atom. The van der Waals surface area contributed by atoms with Crippen LogP contribution in [0.3, 0.4) is 0 Å². The molecule has 0 fully saturated rings. The van der Waals surface area contributed by atoms with Crippen molar-refractivity contribution in [1.29, 1.82) is 0 Å². The second kappa shape index (κ2) is 10.9.